The molecule has 0 aliphatic carbocycles. The number of hydrogen-bond acceptors (Lipinski definition) is 3. The Morgan fingerprint density at radius 3 is 3.21 bits per heavy atom. The van der Waals surface area contributed by atoms with Gasteiger partial charge in [0.25, 0.3) is 0 Å². The molecule has 72 valence electrons. The van der Waals surface area contributed by atoms with Crippen LogP contribution in [0.1, 0.15) is 0 Å². The zero-order valence-electron chi connectivity index (χ0n) is 7.13. The normalized spacial score (nSPS) is 18.1. The Labute approximate surface area is 89.8 Å². The number of fused-ring (bicyclic) bond motifs is 3. The number of thioether (sulfide) groups is 1. The fourth-order valence-corrected chi connectivity index (χ4v) is 3.04. The van der Waals surface area contributed by atoms with Gasteiger partial charge >= 0.3 is 0 Å². The Hall–Kier alpha value is -0.740. The van der Waals surface area contributed by atoms with Gasteiger partial charge in [0.05, 0.1) is 22.2 Å². The molecule has 3 rings (SSSR count). The summed E-state index contributed by atoms with van der Waals surface area (Å²) in [6.45, 7) is 1.69. The maximum Gasteiger partial charge on any atom is 0.168 e. The smallest absolute Gasteiger partial charge is 0.168 e. The van der Waals surface area contributed by atoms with Gasteiger partial charge in [-0.15, -0.1) is 0 Å². The van der Waals surface area contributed by atoms with Crippen LogP contribution in [0.25, 0.3) is 0 Å². The number of halogens is 2. The van der Waals surface area contributed by atoms with Crippen LogP contribution in [0, 0.1) is 5.82 Å². The first kappa shape index (κ1) is 8.56. The van der Waals surface area contributed by atoms with Gasteiger partial charge in [-0.05, 0) is 23.9 Å². The summed E-state index contributed by atoms with van der Waals surface area (Å²) in [6, 6.07) is 3.17. The fraction of sp³-hybridized carbons (Fsp3) is 0.222. The molecule has 0 atom stereocenters. The summed E-state index contributed by atoms with van der Waals surface area (Å²) in [4.78, 5) is 7.18. The predicted octanol–water partition coefficient (Wildman–Crippen LogP) is 2.76. The fourth-order valence-electron chi connectivity index (χ4n) is 1.66. The molecule has 14 heavy (non-hydrogen) atoms. The standard InChI is InChI=1S/C9H6ClFN2S/c10-7-5(11)1-2-6-8(7)14-9-12-3-4-13(6)9/h1-2H,3-4H2. The Morgan fingerprint density at radius 2 is 2.36 bits per heavy atom. The molecule has 2 heterocycles. The molecule has 0 N–H and O–H groups in total. The molecular formula is C9H6ClFN2S. The average molecular weight is 229 g/mol. The van der Waals surface area contributed by atoms with Crippen molar-refractivity contribution in [2.24, 2.45) is 4.99 Å². The van der Waals surface area contributed by atoms with Crippen LogP contribution in [-0.4, -0.2) is 18.3 Å². The molecule has 0 fully saturated rings. The van der Waals surface area contributed by atoms with Crippen molar-refractivity contribution >= 4 is 34.2 Å². The first-order valence-electron chi connectivity index (χ1n) is 4.25. The largest absolute Gasteiger partial charge is 0.318 e. The molecule has 0 bridgehead atoms. The highest BCUT2D eigenvalue weighted by molar-refractivity contribution is 8.15. The summed E-state index contributed by atoms with van der Waals surface area (Å²) >= 11 is 7.32. The minimum atomic E-state index is -0.361. The van der Waals surface area contributed by atoms with Gasteiger partial charge in [-0.1, -0.05) is 11.6 Å². The zero-order valence-corrected chi connectivity index (χ0v) is 8.70. The van der Waals surface area contributed by atoms with E-state index < -0.39 is 0 Å². The highest BCUT2D eigenvalue weighted by Gasteiger charge is 2.31. The third-order valence-electron chi connectivity index (χ3n) is 2.31. The van der Waals surface area contributed by atoms with E-state index in [4.69, 9.17) is 11.6 Å². The zero-order chi connectivity index (χ0) is 9.71. The monoisotopic (exact) mass is 228 g/mol. The first-order chi connectivity index (χ1) is 6.77. The van der Waals surface area contributed by atoms with E-state index in [2.05, 4.69) is 9.89 Å². The molecule has 0 amide bonds. The Morgan fingerprint density at radius 1 is 1.50 bits per heavy atom. The van der Waals surface area contributed by atoms with Crippen molar-refractivity contribution in [1.29, 1.82) is 0 Å². The summed E-state index contributed by atoms with van der Waals surface area (Å²) in [5.74, 6) is -0.361. The van der Waals surface area contributed by atoms with Crippen molar-refractivity contribution in [3.63, 3.8) is 0 Å². The first-order valence-corrected chi connectivity index (χ1v) is 5.44. The summed E-state index contributed by atoms with van der Waals surface area (Å²) in [7, 11) is 0. The van der Waals surface area contributed by atoms with Gasteiger partial charge in [-0.2, -0.15) is 0 Å². The molecule has 0 spiro atoms. The van der Waals surface area contributed by atoms with Crippen molar-refractivity contribution in [3.8, 4) is 0 Å². The van der Waals surface area contributed by atoms with Crippen LogP contribution >= 0.6 is 23.4 Å². The van der Waals surface area contributed by atoms with Crippen LogP contribution in [0.5, 0.6) is 0 Å². The SMILES string of the molecule is Fc1ccc2c(c1Cl)SC1=NCCN12. The molecule has 0 saturated heterocycles. The van der Waals surface area contributed by atoms with E-state index in [-0.39, 0.29) is 10.8 Å². The van der Waals surface area contributed by atoms with Crippen LogP contribution in [-0.2, 0) is 0 Å². The molecule has 2 aliphatic rings. The van der Waals surface area contributed by atoms with Crippen LogP contribution < -0.4 is 4.90 Å². The molecule has 1 aromatic carbocycles. The molecule has 0 saturated carbocycles. The van der Waals surface area contributed by atoms with Crippen molar-refractivity contribution in [2.45, 2.75) is 4.90 Å². The van der Waals surface area contributed by atoms with E-state index in [0.717, 1.165) is 28.8 Å². The number of benzene rings is 1. The van der Waals surface area contributed by atoms with E-state index >= 15 is 0 Å². The molecule has 0 radical (unpaired) electrons. The van der Waals surface area contributed by atoms with Crippen molar-refractivity contribution < 1.29 is 4.39 Å². The maximum absolute atomic E-state index is 13.1. The Kier molecular flexibility index (Phi) is 1.76. The molecule has 2 nitrogen and oxygen atoms in total. The van der Waals surface area contributed by atoms with Crippen LogP contribution in [0.3, 0.4) is 0 Å². The molecule has 5 heteroatoms. The summed E-state index contributed by atoms with van der Waals surface area (Å²) in [6.07, 6.45) is 0. The van der Waals surface area contributed by atoms with E-state index in [1.54, 1.807) is 6.07 Å². The number of anilines is 1. The van der Waals surface area contributed by atoms with Crippen molar-refractivity contribution in [2.75, 3.05) is 18.0 Å². The van der Waals surface area contributed by atoms with Gasteiger partial charge in [0.1, 0.15) is 5.82 Å². The van der Waals surface area contributed by atoms with Gasteiger partial charge in [0, 0.05) is 6.54 Å². The Balaban J connectivity index is 2.20. The second-order valence-electron chi connectivity index (χ2n) is 3.13. The molecule has 0 aromatic heterocycles. The van der Waals surface area contributed by atoms with Crippen LogP contribution in [0.4, 0.5) is 10.1 Å². The maximum atomic E-state index is 13.1. The highest BCUT2D eigenvalue weighted by Crippen LogP contribution is 2.46. The molecular weight excluding hydrogens is 223 g/mol. The van der Waals surface area contributed by atoms with E-state index in [1.807, 2.05) is 0 Å². The number of nitrogens with zero attached hydrogens (tertiary/aromatic N) is 2. The van der Waals surface area contributed by atoms with Gasteiger partial charge in [0.2, 0.25) is 0 Å². The van der Waals surface area contributed by atoms with Gasteiger partial charge < -0.3 is 4.90 Å². The summed E-state index contributed by atoms with van der Waals surface area (Å²) < 4.78 is 13.1. The van der Waals surface area contributed by atoms with E-state index in [9.17, 15) is 4.39 Å². The topological polar surface area (TPSA) is 15.6 Å². The minimum Gasteiger partial charge on any atom is -0.318 e. The minimum absolute atomic E-state index is 0.213. The average Bonchev–Trinajstić information content (AvgIpc) is 2.71. The van der Waals surface area contributed by atoms with E-state index in [0.29, 0.717) is 0 Å². The summed E-state index contributed by atoms with van der Waals surface area (Å²) in [5, 5.41) is 1.15. The number of hydrogen-bond donors (Lipinski definition) is 0. The van der Waals surface area contributed by atoms with Crippen LogP contribution in [0.15, 0.2) is 22.0 Å². The highest BCUT2D eigenvalue weighted by atomic mass is 35.5. The third-order valence-corrected chi connectivity index (χ3v) is 3.95. The van der Waals surface area contributed by atoms with Gasteiger partial charge in [-0.25, -0.2) is 4.39 Å². The van der Waals surface area contributed by atoms with E-state index in [1.165, 1.54) is 17.8 Å². The number of aliphatic imine (C=N–C) groups is 1. The lowest BCUT2D eigenvalue weighted by atomic mass is 10.3. The second kappa shape index (κ2) is 2.87. The Bertz CT molecular complexity index is 447. The summed E-state index contributed by atoms with van der Waals surface area (Å²) in [5.41, 5.74) is 0.984. The van der Waals surface area contributed by atoms with Crippen molar-refractivity contribution in [1.82, 2.24) is 0 Å². The number of amidine groups is 1. The lowest BCUT2D eigenvalue weighted by molar-refractivity contribution is 0.625. The quantitative estimate of drug-likeness (QED) is 0.679. The molecule has 0 unspecified atom stereocenters. The van der Waals surface area contributed by atoms with Crippen molar-refractivity contribution in [3.05, 3.63) is 23.0 Å². The predicted molar refractivity (Wildman–Crippen MR) is 56.9 cm³/mol. The van der Waals surface area contributed by atoms with Gasteiger partial charge in [-0.3, -0.25) is 4.99 Å². The number of rotatable bonds is 0. The third kappa shape index (κ3) is 1.01. The second-order valence-corrected chi connectivity index (χ2v) is 4.48. The molecule has 2 aliphatic heterocycles. The van der Waals surface area contributed by atoms with Gasteiger partial charge in [0.15, 0.2) is 5.17 Å². The molecule has 1 aromatic rings. The van der Waals surface area contributed by atoms with Crippen LogP contribution in [0.2, 0.25) is 5.02 Å². The lowest BCUT2D eigenvalue weighted by Crippen LogP contribution is -2.20. The lowest BCUT2D eigenvalue weighted by Gasteiger charge is -2.11.